The zero-order chi connectivity index (χ0) is 19.6. The first-order valence-electron chi connectivity index (χ1n) is 8.81. The zero-order valence-electron chi connectivity index (χ0n) is 15.7. The Morgan fingerprint density at radius 3 is 2.33 bits per heavy atom. The van der Waals surface area contributed by atoms with E-state index in [9.17, 15) is 13.2 Å². The van der Waals surface area contributed by atoms with Crippen LogP contribution in [-0.2, 0) is 21.3 Å². The van der Waals surface area contributed by atoms with Crippen molar-refractivity contribution in [2.45, 2.75) is 37.5 Å². The van der Waals surface area contributed by atoms with Gasteiger partial charge < -0.3 is 14.1 Å². The maximum absolute atomic E-state index is 12.9. The number of furan rings is 1. The molecular formula is C19H24N2O5S. The number of ether oxygens (including phenoxy) is 1. The SMILES string of the molecule is CC1CN(S(=O)(=O)c2ccc(C(=O)N(C)Cc3ccco3)cc2)CC(C)O1. The summed E-state index contributed by atoms with van der Waals surface area (Å²) in [5, 5.41) is 0. The molecule has 1 aliphatic rings. The van der Waals surface area contributed by atoms with E-state index in [2.05, 4.69) is 0 Å². The van der Waals surface area contributed by atoms with Crippen LogP contribution in [0.4, 0.5) is 0 Å². The molecule has 1 aromatic heterocycles. The number of hydrogen-bond acceptors (Lipinski definition) is 5. The third-order valence-electron chi connectivity index (χ3n) is 4.44. The molecule has 2 heterocycles. The molecule has 2 aromatic rings. The van der Waals surface area contributed by atoms with E-state index in [-0.39, 0.29) is 23.0 Å². The van der Waals surface area contributed by atoms with E-state index < -0.39 is 10.0 Å². The molecule has 0 spiro atoms. The van der Waals surface area contributed by atoms with Crippen molar-refractivity contribution in [2.24, 2.45) is 0 Å². The highest BCUT2D eigenvalue weighted by Gasteiger charge is 2.32. The van der Waals surface area contributed by atoms with Crippen molar-refractivity contribution in [2.75, 3.05) is 20.1 Å². The molecule has 0 saturated carbocycles. The standard InChI is InChI=1S/C19H24N2O5S/c1-14-11-21(12-15(2)26-14)27(23,24)18-8-6-16(7-9-18)19(22)20(3)13-17-5-4-10-25-17/h4-10,14-15H,11-13H2,1-3H3. The quantitative estimate of drug-likeness (QED) is 0.780. The van der Waals surface area contributed by atoms with Gasteiger partial charge in [0.2, 0.25) is 10.0 Å². The third-order valence-corrected chi connectivity index (χ3v) is 6.29. The van der Waals surface area contributed by atoms with Gasteiger partial charge in [0.05, 0.1) is 29.9 Å². The van der Waals surface area contributed by atoms with Gasteiger partial charge >= 0.3 is 0 Å². The van der Waals surface area contributed by atoms with E-state index in [4.69, 9.17) is 9.15 Å². The summed E-state index contributed by atoms with van der Waals surface area (Å²) >= 11 is 0. The molecule has 0 radical (unpaired) electrons. The average molecular weight is 392 g/mol. The van der Waals surface area contributed by atoms with Gasteiger partial charge in [-0.25, -0.2) is 8.42 Å². The summed E-state index contributed by atoms with van der Waals surface area (Å²) in [7, 11) is -1.95. The number of amides is 1. The van der Waals surface area contributed by atoms with Gasteiger partial charge in [-0.15, -0.1) is 0 Å². The highest BCUT2D eigenvalue weighted by molar-refractivity contribution is 7.89. The first kappa shape index (κ1) is 19.6. The Morgan fingerprint density at radius 2 is 1.78 bits per heavy atom. The fourth-order valence-electron chi connectivity index (χ4n) is 3.17. The Labute approximate surface area is 159 Å². The molecule has 0 N–H and O–H groups in total. The van der Waals surface area contributed by atoms with Gasteiger partial charge in [-0.05, 0) is 50.2 Å². The van der Waals surface area contributed by atoms with E-state index in [0.29, 0.717) is 31.0 Å². The van der Waals surface area contributed by atoms with Crippen molar-refractivity contribution in [3.63, 3.8) is 0 Å². The molecule has 7 nitrogen and oxygen atoms in total. The monoisotopic (exact) mass is 392 g/mol. The maximum Gasteiger partial charge on any atom is 0.254 e. The van der Waals surface area contributed by atoms with Gasteiger partial charge in [0, 0.05) is 25.7 Å². The number of sulfonamides is 1. The molecule has 3 rings (SSSR count). The van der Waals surface area contributed by atoms with Gasteiger partial charge in [-0.1, -0.05) is 0 Å². The summed E-state index contributed by atoms with van der Waals surface area (Å²) < 4.78 is 38.0. The van der Waals surface area contributed by atoms with Crippen LogP contribution in [0.15, 0.2) is 52.0 Å². The highest BCUT2D eigenvalue weighted by Crippen LogP contribution is 2.22. The van der Waals surface area contributed by atoms with E-state index in [0.717, 1.165) is 0 Å². The fourth-order valence-corrected chi connectivity index (χ4v) is 4.76. The lowest BCUT2D eigenvalue weighted by molar-refractivity contribution is -0.0440. The molecule has 1 aromatic carbocycles. The molecule has 1 saturated heterocycles. The Bertz CT molecular complexity index is 867. The molecule has 1 fully saturated rings. The minimum atomic E-state index is -3.62. The van der Waals surface area contributed by atoms with E-state index in [1.807, 2.05) is 13.8 Å². The minimum Gasteiger partial charge on any atom is -0.467 e. The fraction of sp³-hybridized carbons (Fsp3) is 0.421. The molecule has 2 atom stereocenters. The zero-order valence-corrected chi connectivity index (χ0v) is 16.5. The number of benzene rings is 1. The van der Waals surface area contributed by atoms with Crippen molar-refractivity contribution in [3.05, 3.63) is 54.0 Å². The second kappa shape index (κ2) is 7.84. The van der Waals surface area contributed by atoms with Crippen LogP contribution in [-0.4, -0.2) is 55.9 Å². The Hall–Kier alpha value is -2.16. The van der Waals surface area contributed by atoms with Crippen molar-refractivity contribution in [3.8, 4) is 0 Å². The summed E-state index contributed by atoms with van der Waals surface area (Å²) in [5.74, 6) is 0.476. The lowest BCUT2D eigenvalue weighted by Crippen LogP contribution is -2.48. The van der Waals surface area contributed by atoms with Crippen molar-refractivity contribution in [1.29, 1.82) is 0 Å². The van der Waals surface area contributed by atoms with Crippen LogP contribution in [0.5, 0.6) is 0 Å². The lowest BCUT2D eigenvalue weighted by Gasteiger charge is -2.34. The topological polar surface area (TPSA) is 80.1 Å². The highest BCUT2D eigenvalue weighted by atomic mass is 32.2. The molecule has 8 heteroatoms. The average Bonchev–Trinajstić information content (AvgIpc) is 3.13. The summed E-state index contributed by atoms with van der Waals surface area (Å²) in [6.45, 7) is 4.69. The van der Waals surface area contributed by atoms with Crippen LogP contribution in [0, 0.1) is 0 Å². The summed E-state index contributed by atoms with van der Waals surface area (Å²) in [4.78, 5) is 14.2. The van der Waals surface area contributed by atoms with Crippen LogP contribution in [0.3, 0.4) is 0 Å². The predicted molar refractivity (Wildman–Crippen MR) is 99.7 cm³/mol. The number of hydrogen-bond donors (Lipinski definition) is 0. The number of rotatable bonds is 5. The van der Waals surface area contributed by atoms with E-state index >= 15 is 0 Å². The van der Waals surface area contributed by atoms with Crippen LogP contribution in [0.2, 0.25) is 0 Å². The van der Waals surface area contributed by atoms with Crippen LogP contribution in [0.25, 0.3) is 0 Å². The van der Waals surface area contributed by atoms with Gasteiger partial charge in [0.1, 0.15) is 5.76 Å². The molecular weight excluding hydrogens is 368 g/mol. The smallest absolute Gasteiger partial charge is 0.254 e. The number of carbonyl (C=O) groups excluding carboxylic acids is 1. The largest absolute Gasteiger partial charge is 0.467 e. The van der Waals surface area contributed by atoms with Crippen molar-refractivity contribution < 1.29 is 22.4 Å². The van der Waals surface area contributed by atoms with Crippen LogP contribution in [0.1, 0.15) is 30.0 Å². The molecule has 0 bridgehead atoms. The van der Waals surface area contributed by atoms with E-state index in [1.165, 1.54) is 21.3 Å². The second-order valence-corrected chi connectivity index (χ2v) is 8.78. The van der Waals surface area contributed by atoms with Crippen LogP contribution >= 0.6 is 0 Å². The predicted octanol–water partition coefficient (Wildman–Crippen LogP) is 2.35. The van der Waals surface area contributed by atoms with Crippen molar-refractivity contribution in [1.82, 2.24) is 9.21 Å². The third kappa shape index (κ3) is 4.40. The Balaban J connectivity index is 1.73. The summed E-state index contributed by atoms with van der Waals surface area (Å²) in [6, 6.07) is 9.61. The summed E-state index contributed by atoms with van der Waals surface area (Å²) in [5.41, 5.74) is 0.423. The minimum absolute atomic E-state index is 0.153. The molecule has 2 unspecified atom stereocenters. The van der Waals surface area contributed by atoms with Crippen molar-refractivity contribution >= 4 is 15.9 Å². The first-order chi connectivity index (χ1) is 12.8. The molecule has 1 amide bonds. The van der Waals surface area contributed by atoms with Gasteiger partial charge in [-0.3, -0.25) is 4.79 Å². The van der Waals surface area contributed by atoms with Gasteiger partial charge in [0.15, 0.2) is 0 Å². The van der Waals surface area contributed by atoms with Gasteiger partial charge in [-0.2, -0.15) is 4.31 Å². The van der Waals surface area contributed by atoms with Crippen LogP contribution < -0.4 is 0 Å². The normalized spacial score (nSPS) is 21.1. The van der Waals surface area contributed by atoms with E-state index in [1.54, 1.807) is 37.6 Å². The second-order valence-electron chi connectivity index (χ2n) is 6.84. The van der Waals surface area contributed by atoms with Gasteiger partial charge in [0.25, 0.3) is 5.91 Å². The maximum atomic E-state index is 12.9. The Kier molecular flexibility index (Phi) is 5.69. The molecule has 146 valence electrons. The number of carbonyl (C=O) groups is 1. The Morgan fingerprint density at radius 1 is 1.15 bits per heavy atom. The molecule has 0 aliphatic carbocycles. The number of nitrogens with zero attached hydrogens (tertiary/aromatic N) is 2. The molecule has 1 aliphatic heterocycles. The first-order valence-corrected chi connectivity index (χ1v) is 10.2. The lowest BCUT2D eigenvalue weighted by atomic mass is 10.2. The summed E-state index contributed by atoms with van der Waals surface area (Å²) in [6.07, 6.45) is 1.25. The molecule has 27 heavy (non-hydrogen) atoms. The number of morpholine rings is 1.